The van der Waals surface area contributed by atoms with Crippen molar-refractivity contribution in [1.29, 1.82) is 0 Å². The predicted molar refractivity (Wildman–Crippen MR) is 38.5 cm³/mol. The molecular formula is C6H14N2O2. The number of methoxy groups -OCH3 is 1. The molecule has 0 fully saturated rings. The summed E-state index contributed by atoms with van der Waals surface area (Å²) in [5, 5.41) is 2.44. The number of hydrogen-bond acceptors (Lipinski definition) is 3. The maximum absolute atomic E-state index is 10.8. The van der Waals surface area contributed by atoms with Crippen LogP contribution in [0.25, 0.3) is 0 Å². The van der Waals surface area contributed by atoms with Crippen LogP contribution < -0.4 is 11.1 Å². The average Bonchev–Trinajstić information content (AvgIpc) is 2.00. The zero-order valence-corrected chi connectivity index (χ0v) is 6.55. The van der Waals surface area contributed by atoms with E-state index in [1.807, 2.05) is 0 Å². The van der Waals surface area contributed by atoms with Gasteiger partial charge >= 0.3 is 0 Å². The smallest absolute Gasteiger partial charge is 0.239 e. The number of amides is 1. The molecule has 0 aliphatic heterocycles. The first-order chi connectivity index (χ1) is 4.63. The lowest BCUT2D eigenvalue weighted by Crippen LogP contribution is -2.46. The Kier molecular flexibility index (Phi) is 3.99. The first-order valence-corrected chi connectivity index (χ1v) is 3.13. The maximum atomic E-state index is 10.8. The quantitative estimate of drug-likeness (QED) is 0.542. The number of ether oxygens (including phenoxy) is 1. The Balaban J connectivity index is 3.81. The van der Waals surface area contributed by atoms with Gasteiger partial charge in [0.2, 0.25) is 5.91 Å². The zero-order chi connectivity index (χ0) is 8.15. The molecule has 10 heavy (non-hydrogen) atoms. The van der Waals surface area contributed by atoms with Gasteiger partial charge in [-0.25, -0.2) is 0 Å². The van der Waals surface area contributed by atoms with E-state index in [2.05, 4.69) is 5.32 Å². The fourth-order valence-electron chi connectivity index (χ4n) is 0.526. The second-order valence-electron chi connectivity index (χ2n) is 2.08. The molecule has 0 aromatic heterocycles. The average molecular weight is 146 g/mol. The number of rotatable bonds is 3. The van der Waals surface area contributed by atoms with Gasteiger partial charge in [0, 0.05) is 14.2 Å². The van der Waals surface area contributed by atoms with Gasteiger partial charge in [-0.3, -0.25) is 4.79 Å². The number of likely N-dealkylation sites (N-methyl/N-ethyl adjacent to an activating group) is 1. The summed E-state index contributed by atoms with van der Waals surface area (Å²) in [4.78, 5) is 10.8. The van der Waals surface area contributed by atoms with E-state index in [4.69, 9.17) is 10.5 Å². The Bertz CT molecular complexity index is 116. The highest BCUT2D eigenvalue weighted by atomic mass is 16.5. The number of carbonyl (C=O) groups excluding carboxylic acids is 1. The van der Waals surface area contributed by atoms with E-state index in [0.29, 0.717) is 0 Å². The minimum atomic E-state index is -0.574. The highest BCUT2D eigenvalue weighted by Crippen LogP contribution is 1.92. The molecule has 0 aliphatic carbocycles. The Morgan fingerprint density at radius 1 is 1.70 bits per heavy atom. The lowest BCUT2D eigenvalue weighted by molar-refractivity contribution is -0.124. The Labute approximate surface area is 60.7 Å². The molecule has 2 atom stereocenters. The van der Waals surface area contributed by atoms with Gasteiger partial charge in [0.25, 0.3) is 0 Å². The molecule has 4 nitrogen and oxygen atoms in total. The number of nitrogens with one attached hydrogen (secondary N) is 1. The minimum Gasteiger partial charge on any atom is -0.380 e. The van der Waals surface area contributed by atoms with Crippen LogP contribution in [0.5, 0.6) is 0 Å². The van der Waals surface area contributed by atoms with E-state index in [0.717, 1.165) is 0 Å². The molecule has 0 heterocycles. The Morgan fingerprint density at radius 3 is 2.50 bits per heavy atom. The van der Waals surface area contributed by atoms with E-state index >= 15 is 0 Å². The van der Waals surface area contributed by atoms with Gasteiger partial charge < -0.3 is 15.8 Å². The van der Waals surface area contributed by atoms with Gasteiger partial charge in [-0.05, 0) is 6.92 Å². The standard InChI is InChI=1S/C6H14N2O2/c1-4(10-3)5(7)6(9)8-2/h4-5H,7H2,1-3H3,(H,8,9)/t4-,5+/m1/s1. The molecule has 3 N–H and O–H groups in total. The van der Waals surface area contributed by atoms with Crippen molar-refractivity contribution in [3.63, 3.8) is 0 Å². The molecule has 60 valence electrons. The summed E-state index contributed by atoms with van der Waals surface area (Å²) >= 11 is 0. The summed E-state index contributed by atoms with van der Waals surface area (Å²) < 4.78 is 4.85. The molecule has 1 amide bonds. The van der Waals surface area contributed by atoms with E-state index in [1.165, 1.54) is 7.11 Å². The third-order valence-corrected chi connectivity index (χ3v) is 1.43. The molecule has 0 bridgehead atoms. The van der Waals surface area contributed by atoms with Crippen molar-refractivity contribution < 1.29 is 9.53 Å². The summed E-state index contributed by atoms with van der Waals surface area (Å²) in [6, 6.07) is -0.574. The molecule has 4 heteroatoms. The molecule has 0 spiro atoms. The van der Waals surface area contributed by atoms with E-state index in [1.54, 1.807) is 14.0 Å². The van der Waals surface area contributed by atoms with Crippen molar-refractivity contribution in [2.45, 2.75) is 19.1 Å². The fourth-order valence-corrected chi connectivity index (χ4v) is 0.526. The fraction of sp³-hybridized carbons (Fsp3) is 0.833. The van der Waals surface area contributed by atoms with E-state index in [-0.39, 0.29) is 12.0 Å². The SMILES string of the molecule is CNC(=O)[C@@H](N)[C@@H](C)OC. The maximum Gasteiger partial charge on any atom is 0.239 e. The van der Waals surface area contributed by atoms with Crippen molar-refractivity contribution in [3.05, 3.63) is 0 Å². The number of nitrogens with two attached hydrogens (primary N) is 1. The van der Waals surface area contributed by atoms with Crippen LogP contribution >= 0.6 is 0 Å². The first-order valence-electron chi connectivity index (χ1n) is 3.13. The van der Waals surface area contributed by atoms with Crippen LogP contribution in [-0.4, -0.2) is 32.2 Å². The molecule has 0 aromatic carbocycles. The van der Waals surface area contributed by atoms with Crippen molar-refractivity contribution >= 4 is 5.91 Å². The van der Waals surface area contributed by atoms with Gasteiger partial charge in [-0.1, -0.05) is 0 Å². The molecule has 0 aliphatic rings. The highest BCUT2D eigenvalue weighted by molar-refractivity contribution is 5.81. The predicted octanol–water partition coefficient (Wildman–Crippen LogP) is -0.905. The van der Waals surface area contributed by atoms with Crippen molar-refractivity contribution in [1.82, 2.24) is 5.32 Å². The van der Waals surface area contributed by atoms with Crippen molar-refractivity contribution in [2.75, 3.05) is 14.2 Å². The van der Waals surface area contributed by atoms with E-state index in [9.17, 15) is 4.79 Å². The van der Waals surface area contributed by atoms with Gasteiger partial charge in [0.1, 0.15) is 6.04 Å². The molecule has 0 aromatic rings. The van der Waals surface area contributed by atoms with Crippen LogP contribution in [0.15, 0.2) is 0 Å². The van der Waals surface area contributed by atoms with Crippen LogP contribution in [0.2, 0.25) is 0 Å². The van der Waals surface area contributed by atoms with Crippen molar-refractivity contribution in [2.24, 2.45) is 5.73 Å². The number of hydrogen-bond donors (Lipinski definition) is 2. The second kappa shape index (κ2) is 4.24. The molecule has 0 radical (unpaired) electrons. The summed E-state index contributed by atoms with van der Waals surface area (Å²) in [6.07, 6.45) is -0.236. The van der Waals surface area contributed by atoms with Gasteiger partial charge in [-0.15, -0.1) is 0 Å². The van der Waals surface area contributed by atoms with Crippen LogP contribution in [0.3, 0.4) is 0 Å². The Hall–Kier alpha value is -0.610. The summed E-state index contributed by atoms with van der Waals surface area (Å²) in [6.45, 7) is 1.75. The van der Waals surface area contributed by atoms with Crippen LogP contribution in [0.4, 0.5) is 0 Å². The van der Waals surface area contributed by atoms with Gasteiger partial charge in [-0.2, -0.15) is 0 Å². The summed E-state index contributed by atoms with van der Waals surface area (Å²) in [5.74, 6) is -0.200. The molecular weight excluding hydrogens is 132 g/mol. The minimum absolute atomic E-state index is 0.200. The molecule has 0 saturated carbocycles. The normalized spacial score (nSPS) is 16.0. The zero-order valence-electron chi connectivity index (χ0n) is 6.55. The number of carbonyl (C=O) groups is 1. The van der Waals surface area contributed by atoms with Crippen LogP contribution in [-0.2, 0) is 9.53 Å². The lowest BCUT2D eigenvalue weighted by Gasteiger charge is -2.15. The Morgan fingerprint density at radius 2 is 2.20 bits per heavy atom. The molecule has 0 unspecified atom stereocenters. The summed E-state index contributed by atoms with van der Waals surface area (Å²) in [7, 11) is 3.07. The van der Waals surface area contributed by atoms with Crippen LogP contribution in [0.1, 0.15) is 6.92 Å². The third kappa shape index (κ3) is 2.33. The largest absolute Gasteiger partial charge is 0.380 e. The lowest BCUT2D eigenvalue weighted by atomic mass is 10.2. The van der Waals surface area contributed by atoms with Crippen molar-refractivity contribution in [3.8, 4) is 0 Å². The first kappa shape index (κ1) is 9.39. The monoisotopic (exact) mass is 146 g/mol. The van der Waals surface area contributed by atoms with Crippen LogP contribution in [0, 0.1) is 0 Å². The third-order valence-electron chi connectivity index (χ3n) is 1.43. The molecule has 0 saturated heterocycles. The topological polar surface area (TPSA) is 64.4 Å². The molecule has 0 rings (SSSR count). The summed E-state index contributed by atoms with van der Waals surface area (Å²) in [5.41, 5.74) is 5.44. The highest BCUT2D eigenvalue weighted by Gasteiger charge is 2.18. The van der Waals surface area contributed by atoms with Gasteiger partial charge in [0.15, 0.2) is 0 Å². The van der Waals surface area contributed by atoms with Gasteiger partial charge in [0.05, 0.1) is 6.10 Å². The van der Waals surface area contributed by atoms with E-state index < -0.39 is 6.04 Å². The second-order valence-corrected chi connectivity index (χ2v) is 2.08.